The quantitative estimate of drug-likeness (QED) is 0.537. The number of nitrogens with zero attached hydrogens (tertiary/aromatic N) is 1. The predicted octanol–water partition coefficient (Wildman–Crippen LogP) is 1.39. The molecule has 4 amide bonds. The molecule has 172 valence electrons. The molecule has 33 heavy (non-hydrogen) atoms. The minimum absolute atomic E-state index is 0.0858. The third-order valence-electron chi connectivity index (χ3n) is 7.59. The van der Waals surface area contributed by atoms with Gasteiger partial charge in [-0.1, -0.05) is 43.2 Å². The highest BCUT2D eigenvalue weighted by molar-refractivity contribution is 6.06. The third kappa shape index (κ3) is 3.94. The van der Waals surface area contributed by atoms with Gasteiger partial charge in [0.25, 0.3) is 0 Å². The van der Waals surface area contributed by atoms with Crippen LogP contribution in [-0.2, 0) is 25.7 Å². The van der Waals surface area contributed by atoms with Crippen molar-refractivity contribution < 1.29 is 23.9 Å². The molecular formula is C24H26N4O5. The SMILES string of the molecule is N#CC1(NC(=O)[C@H](CC2CC2)NC(=O)OCc2ccccc2)CC2CC1[C@H]1C(=O)NC(=O)[C@@H]21. The van der Waals surface area contributed by atoms with E-state index in [1.807, 2.05) is 30.3 Å². The molecule has 1 aromatic rings. The van der Waals surface area contributed by atoms with Crippen molar-refractivity contribution in [3.05, 3.63) is 35.9 Å². The Morgan fingerprint density at radius 3 is 2.61 bits per heavy atom. The first kappa shape index (κ1) is 21.4. The Balaban J connectivity index is 1.26. The first-order valence-corrected chi connectivity index (χ1v) is 11.5. The number of hydrogen-bond acceptors (Lipinski definition) is 6. The highest BCUT2D eigenvalue weighted by Gasteiger charge is 2.67. The van der Waals surface area contributed by atoms with E-state index in [4.69, 9.17) is 4.74 Å². The van der Waals surface area contributed by atoms with E-state index in [1.165, 1.54) is 0 Å². The van der Waals surface area contributed by atoms with Gasteiger partial charge in [-0.05, 0) is 36.7 Å². The van der Waals surface area contributed by atoms with E-state index < -0.39 is 41.3 Å². The van der Waals surface area contributed by atoms with Gasteiger partial charge in [0, 0.05) is 5.92 Å². The molecule has 3 N–H and O–H groups in total. The van der Waals surface area contributed by atoms with Gasteiger partial charge in [-0.2, -0.15) is 5.26 Å². The zero-order valence-electron chi connectivity index (χ0n) is 18.1. The van der Waals surface area contributed by atoms with Crippen LogP contribution < -0.4 is 16.0 Å². The van der Waals surface area contributed by atoms with Crippen molar-refractivity contribution >= 4 is 23.8 Å². The summed E-state index contributed by atoms with van der Waals surface area (Å²) in [7, 11) is 0. The van der Waals surface area contributed by atoms with Crippen molar-refractivity contribution in [2.75, 3.05) is 0 Å². The van der Waals surface area contributed by atoms with Crippen LogP contribution >= 0.6 is 0 Å². The summed E-state index contributed by atoms with van der Waals surface area (Å²) in [5, 5.41) is 17.9. The van der Waals surface area contributed by atoms with E-state index in [0.717, 1.165) is 18.4 Å². The normalized spacial score (nSPS) is 32.5. The third-order valence-corrected chi connectivity index (χ3v) is 7.59. The van der Waals surface area contributed by atoms with Gasteiger partial charge in [0.1, 0.15) is 18.2 Å². The molecule has 0 aromatic heterocycles. The molecule has 3 aliphatic carbocycles. The second kappa shape index (κ2) is 8.18. The molecule has 4 aliphatic rings. The van der Waals surface area contributed by atoms with Gasteiger partial charge < -0.3 is 15.4 Å². The topological polar surface area (TPSA) is 137 Å². The molecule has 9 nitrogen and oxygen atoms in total. The maximum absolute atomic E-state index is 13.3. The number of ether oxygens (including phenoxy) is 1. The van der Waals surface area contributed by atoms with Crippen LogP contribution in [-0.4, -0.2) is 35.4 Å². The average Bonchev–Trinajstić information content (AvgIpc) is 3.33. The summed E-state index contributed by atoms with van der Waals surface area (Å²) in [5.74, 6) is -2.26. The van der Waals surface area contributed by atoms with Crippen LogP contribution in [0.4, 0.5) is 4.79 Å². The first-order chi connectivity index (χ1) is 15.9. The van der Waals surface area contributed by atoms with Crippen LogP contribution in [0.3, 0.4) is 0 Å². The second-order valence-corrected chi connectivity index (χ2v) is 9.72. The van der Waals surface area contributed by atoms with Crippen LogP contribution in [0.1, 0.15) is 37.7 Å². The highest BCUT2D eigenvalue weighted by atomic mass is 16.5. The second-order valence-electron chi connectivity index (χ2n) is 9.72. The Hall–Kier alpha value is -3.41. The zero-order chi connectivity index (χ0) is 23.2. The Bertz CT molecular complexity index is 1030. The molecule has 0 radical (unpaired) electrons. The molecule has 3 saturated carbocycles. The monoisotopic (exact) mass is 450 g/mol. The molecule has 1 aromatic carbocycles. The molecule has 5 rings (SSSR count). The number of carbonyl (C=O) groups is 4. The fourth-order valence-corrected chi connectivity index (χ4v) is 5.89. The van der Waals surface area contributed by atoms with E-state index in [2.05, 4.69) is 22.0 Å². The molecule has 1 aliphatic heterocycles. The number of carbonyl (C=O) groups excluding carboxylic acids is 4. The largest absolute Gasteiger partial charge is 0.445 e. The van der Waals surface area contributed by atoms with E-state index in [-0.39, 0.29) is 24.3 Å². The molecule has 4 fully saturated rings. The Labute approximate surface area is 191 Å². The summed E-state index contributed by atoms with van der Waals surface area (Å²) in [4.78, 5) is 50.1. The molecule has 6 atom stereocenters. The first-order valence-electron chi connectivity index (χ1n) is 11.5. The van der Waals surface area contributed by atoms with Crippen molar-refractivity contribution in [1.82, 2.24) is 16.0 Å². The van der Waals surface area contributed by atoms with Crippen LogP contribution in [0.5, 0.6) is 0 Å². The van der Waals surface area contributed by atoms with Crippen molar-refractivity contribution in [3.8, 4) is 6.07 Å². The van der Waals surface area contributed by atoms with Gasteiger partial charge in [-0.15, -0.1) is 0 Å². The minimum Gasteiger partial charge on any atom is -0.445 e. The fraction of sp³-hybridized carbons (Fsp3) is 0.542. The van der Waals surface area contributed by atoms with Gasteiger partial charge in [0.05, 0.1) is 17.9 Å². The number of benzene rings is 1. The number of amides is 4. The summed E-state index contributed by atoms with van der Waals surface area (Å²) in [6.45, 7) is 0.0858. The molecule has 0 spiro atoms. The van der Waals surface area contributed by atoms with E-state index in [1.54, 1.807) is 0 Å². The number of rotatable bonds is 7. The minimum atomic E-state index is -1.22. The molecule has 1 heterocycles. The standard InChI is InChI=1S/C24H26N4O5/c25-12-24(10-15-9-16(24)19-18(15)21(30)27-22(19)31)28-20(29)17(8-13-6-7-13)26-23(32)33-11-14-4-2-1-3-5-14/h1-5,13,15-19H,6-11H2,(H,26,32)(H,28,29)(H,27,30,31)/t15?,16?,17-,18-,19+,24?/m0/s1. The van der Waals surface area contributed by atoms with Crippen molar-refractivity contribution in [1.29, 1.82) is 5.26 Å². The smallest absolute Gasteiger partial charge is 0.408 e. The zero-order valence-corrected chi connectivity index (χ0v) is 18.1. The number of nitriles is 1. The van der Waals surface area contributed by atoms with Gasteiger partial charge in [0.15, 0.2) is 0 Å². The van der Waals surface area contributed by atoms with Gasteiger partial charge in [0.2, 0.25) is 17.7 Å². The van der Waals surface area contributed by atoms with Crippen LogP contribution in [0.25, 0.3) is 0 Å². The summed E-state index contributed by atoms with van der Waals surface area (Å²) < 4.78 is 5.28. The lowest BCUT2D eigenvalue weighted by molar-refractivity contribution is -0.129. The van der Waals surface area contributed by atoms with Crippen LogP contribution in [0, 0.1) is 40.9 Å². The Morgan fingerprint density at radius 1 is 1.18 bits per heavy atom. The number of imide groups is 1. The van der Waals surface area contributed by atoms with Gasteiger partial charge in [-0.3, -0.25) is 19.7 Å². The van der Waals surface area contributed by atoms with E-state index >= 15 is 0 Å². The summed E-state index contributed by atoms with van der Waals surface area (Å²) >= 11 is 0. The van der Waals surface area contributed by atoms with Gasteiger partial charge >= 0.3 is 6.09 Å². The number of alkyl carbamates (subject to hydrolysis) is 1. The molecule has 9 heteroatoms. The molecule has 3 unspecified atom stereocenters. The summed E-state index contributed by atoms with van der Waals surface area (Å²) in [5.41, 5.74) is -0.386. The lowest BCUT2D eigenvalue weighted by Crippen LogP contribution is -2.59. The molecule has 2 bridgehead atoms. The van der Waals surface area contributed by atoms with Crippen molar-refractivity contribution in [2.45, 2.75) is 50.3 Å². The van der Waals surface area contributed by atoms with Gasteiger partial charge in [-0.25, -0.2) is 4.79 Å². The number of fused-ring (bicyclic) bond motifs is 5. The van der Waals surface area contributed by atoms with E-state index in [9.17, 15) is 24.4 Å². The number of hydrogen-bond donors (Lipinski definition) is 3. The fourth-order valence-electron chi connectivity index (χ4n) is 5.89. The molecular weight excluding hydrogens is 424 g/mol. The lowest BCUT2D eigenvalue weighted by atomic mass is 9.71. The lowest BCUT2D eigenvalue weighted by Gasteiger charge is -2.37. The van der Waals surface area contributed by atoms with Crippen molar-refractivity contribution in [2.24, 2.45) is 29.6 Å². The maximum Gasteiger partial charge on any atom is 0.408 e. The number of nitrogens with one attached hydrogen (secondary N) is 3. The average molecular weight is 450 g/mol. The Kier molecular flexibility index (Phi) is 5.31. The van der Waals surface area contributed by atoms with Crippen LogP contribution in [0.15, 0.2) is 30.3 Å². The van der Waals surface area contributed by atoms with E-state index in [0.29, 0.717) is 25.2 Å². The predicted molar refractivity (Wildman–Crippen MR) is 114 cm³/mol. The highest BCUT2D eigenvalue weighted by Crippen LogP contribution is 2.58. The maximum atomic E-state index is 13.3. The van der Waals surface area contributed by atoms with Crippen LogP contribution in [0.2, 0.25) is 0 Å². The summed E-state index contributed by atoms with van der Waals surface area (Å²) in [6, 6.07) is 10.6. The van der Waals surface area contributed by atoms with Crippen molar-refractivity contribution in [3.63, 3.8) is 0 Å². The Morgan fingerprint density at radius 2 is 1.91 bits per heavy atom. The molecule has 1 saturated heterocycles. The summed E-state index contributed by atoms with van der Waals surface area (Å²) in [6.07, 6.45) is 2.64.